The quantitative estimate of drug-likeness (QED) is 0.121. The van der Waals surface area contributed by atoms with Gasteiger partial charge in [-0.05, 0) is 123 Å². The van der Waals surface area contributed by atoms with Gasteiger partial charge in [0.2, 0.25) is 0 Å². The summed E-state index contributed by atoms with van der Waals surface area (Å²) < 4.78 is 0. The van der Waals surface area contributed by atoms with Crippen molar-refractivity contribution in [3.63, 3.8) is 0 Å². The second-order valence-electron chi connectivity index (χ2n) is 13.0. The Hall–Kier alpha value is -4.50. The second-order valence-corrected chi connectivity index (χ2v) is 13.0. The van der Waals surface area contributed by atoms with Crippen molar-refractivity contribution in [2.24, 2.45) is 0 Å². The summed E-state index contributed by atoms with van der Waals surface area (Å²) in [4.78, 5) is 7.33. The van der Waals surface area contributed by atoms with Crippen LogP contribution in [0, 0.1) is 0 Å². The Labute approximate surface area is 392 Å². The van der Waals surface area contributed by atoms with E-state index in [1.807, 2.05) is 83.1 Å². The standard InChI is InChI=1S/3C16H21N.6C2H6/c1-4-13-11-14-9-7-8-10-15(14)12-16(13)17(5-2)6-3;1-4-14-15-10-8-7-9-13(15)11-12-16(14)17(5-2)6-3;1-4-13-11-12-14-9-7-8-10-15(14)16(13)17(5-2)6-3;6*1-2/h3*7-12H,4-6H2,1-3H3;6*1-2H3. The fourth-order valence-corrected chi connectivity index (χ4v) is 7.47. The second kappa shape index (κ2) is 40.3. The zero-order chi connectivity index (χ0) is 48.8. The van der Waals surface area contributed by atoms with E-state index in [4.69, 9.17) is 0 Å². The van der Waals surface area contributed by atoms with Crippen LogP contribution in [0.5, 0.6) is 0 Å². The number of rotatable bonds is 12. The third-order valence-electron chi connectivity index (χ3n) is 10.4. The van der Waals surface area contributed by atoms with Crippen molar-refractivity contribution in [3.05, 3.63) is 126 Å². The molecule has 0 unspecified atom stereocenters. The van der Waals surface area contributed by atoms with E-state index in [1.54, 1.807) is 0 Å². The Balaban J connectivity index is -0.000000763. The fourth-order valence-electron chi connectivity index (χ4n) is 7.47. The predicted molar refractivity (Wildman–Crippen MR) is 299 cm³/mol. The Morgan fingerprint density at radius 1 is 0.302 bits per heavy atom. The maximum absolute atomic E-state index is 2.46. The van der Waals surface area contributed by atoms with E-state index in [2.05, 4.69) is 186 Å². The van der Waals surface area contributed by atoms with Crippen molar-refractivity contribution in [2.45, 2.75) is 165 Å². The van der Waals surface area contributed by atoms with Gasteiger partial charge >= 0.3 is 0 Å². The van der Waals surface area contributed by atoms with Crippen molar-refractivity contribution >= 4 is 49.4 Å². The monoisotopic (exact) mass is 862 g/mol. The number of hydrogen-bond acceptors (Lipinski definition) is 3. The first kappa shape index (κ1) is 62.8. The highest BCUT2D eigenvalue weighted by Gasteiger charge is 2.12. The SMILES string of the molecule is CC.CC.CC.CC.CC.CC.CCc1c(N(CC)CC)ccc2ccccc12.CCc1cc2ccccc2cc1N(CC)CC.CCc1ccc2ccccc2c1N(CC)CC. The minimum Gasteiger partial charge on any atom is -0.372 e. The average Bonchev–Trinajstić information content (AvgIpc) is 3.38. The van der Waals surface area contributed by atoms with Crippen molar-refractivity contribution in [1.82, 2.24) is 0 Å². The van der Waals surface area contributed by atoms with Crippen molar-refractivity contribution in [3.8, 4) is 0 Å². The third kappa shape index (κ3) is 19.0. The summed E-state index contributed by atoms with van der Waals surface area (Å²) in [7, 11) is 0. The Morgan fingerprint density at radius 3 is 1.10 bits per heavy atom. The summed E-state index contributed by atoms with van der Waals surface area (Å²) >= 11 is 0. The molecule has 3 nitrogen and oxygen atoms in total. The minimum absolute atomic E-state index is 1.07. The maximum Gasteiger partial charge on any atom is 0.0478 e. The molecule has 6 rings (SSSR count). The van der Waals surface area contributed by atoms with Gasteiger partial charge in [0.15, 0.2) is 0 Å². The highest BCUT2D eigenvalue weighted by atomic mass is 15.1. The Bertz CT molecular complexity index is 1920. The average molecular weight is 862 g/mol. The van der Waals surface area contributed by atoms with Crippen LogP contribution in [0.1, 0.15) is 162 Å². The molecule has 63 heavy (non-hydrogen) atoms. The number of fused-ring (bicyclic) bond motifs is 3. The molecule has 0 spiro atoms. The lowest BCUT2D eigenvalue weighted by atomic mass is 10.00. The summed E-state index contributed by atoms with van der Waals surface area (Å²) in [5.74, 6) is 0. The summed E-state index contributed by atoms with van der Waals surface area (Å²) in [5.41, 5.74) is 8.61. The van der Waals surface area contributed by atoms with Crippen LogP contribution in [0.2, 0.25) is 0 Å². The molecule has 0 fully saturated rings. The van der Waals surface area contributed by atoms with E-state index in [0.29, 0.717) is 0 Å². The molecule has 0 saturated carbocycles. The maximum atomic E-state index is 2.46. The number of anilines is 3. The molecule has 0 bridgehead atoms. The first-order valence-electron chi connectivity index (χ1n) is 25.7. The molecule has 0 N–H and O–H groups in total. The Kier molecular flexibility index (Phi) is 40.2. The van der Waals surface area contributed by atoms with Gasteiger partial charge in [0.25, 0.3) is 0 Å². The first-order valence-corrected chi connectivity index (χ1v) is 25.7. The van der Waals surface area contributed by atoms with Crippen LogP contribution in [0.15, 0.2) is 109 Å². The van der Waals surface area contributed by atoms with Gasteiger partial charge in [-0.3, -0.25) is 0 Å². The minimum atomic E-state index is 1.07. The van der Waals surface area contributed by atoms with E-state index in [9.17, 15) is 0 Å². The van der Waals surface area contributed by atoms with Crippen LogP contribution in [-0.2, 0) is 19.3 Å². The number of hydrogen-bond donors (Lipinski definition) is 0. The topological polar surface area (TPSA) is 9.72 Å². The largest absolute Gasteiger partial charge is 0.372 e. The van der Waals surface area contributed by atoms with E-state index >= 15 is 0 Å². The van der Waals surface area contributed by atoms with Gasteiger partial charge in [-0.25, -0.2) is 0 Å². The lowest BCUT2D eigenvalue weighted by Crippen LogP contribution is -2.23. The molecule has 0 aliphatic carbocycles. The smallest absolute Gasteiger partial charge is 0.0478 e. The molecule has 0 heterocycles. The molecule has 0 atom stereocenters. The third-order valence-corrected chi connectivity index (χ3v) is 10.4. The summed E-state index contributed by atoms with van der Waals surface area (Å²) in [5, 5.41) is 8.16. The van der Waals surface area contributed by atoms with Gasteiger partial charge in [-0.2, -0.15) is 0 Å². The van der Waals surface area contributed by atoms with E-state index in [0.717, 1.165) is 58.5 Å². The number of nitrogens with zero attached hydrogens (tertiary/aromatic N) is 3. The van der Waals surface area contributed by atoms with Crippen LogP contribution in [0.3, 0.4) is 0 Å². The zero-order valence-electron chi connectivity index (χ0n) is 45.1. The zero-order valence-corrected chi connectivity index (χ0v) is 45.1. The highest BCUT2D eigenvalue weighted by Crippen LogP contribution is 2.32. The molecule has 6 aromatic rings. The molecule has 354 valence electrons. The normalized spacial score (nSPS) is 9.29. The fraction of sp³-hybridized carbons (Fsp3) is 0.500. The van der Waals surface area contributed by atoms with E-state index < -0.39 is 0 Å². The molecule has 0 aliphatic rings. The van der Waals surface area contributed by atoms with Crippen LogP contribution >= 0.6 is 0 Å². The molecule has 0 saturated heterocycles. The number of benzene rings is 6. The van der Waals surface area contributed by atoms with Gasteiger partial charge in [0, 0.05) is 61.7 Å². The molecule has 0 aliphatic heterocycles. The van der Waals surface area contributed by atoms with E-state index in [-0.39, 0.29) is 0 Å². The molecular weight excluding hydrogens is 763 g/mol. The van der Waals surface area contributed by atoms with Gasteiger partial charge in [0.05, 0.1) is 0 Å². The predicted octanol–water partition coefficient (Wildman–Crippen LogP) is 18.9. The molecule has 3 heteroatoms. The van der Waals surface area contributed by atoms with Crippen LogP contribution in [0.4, 0.5) is 17.1 Å². The van der Waals surface area contributed by atoms with Crippen LogP contribution in [0.25, 0.3) is 32.3 Å². The summed E-state index contributed by atoms with van der Waals surface area (Å²) in [6, 6.07) is 39.7. The van der Waals surface area contributed by atoms with Gasteiger partial charge in [-0.1, -0.05) is 195 Å². The first-order chi connectivity index (χ1) is 30.9. The van der Waals surface area contributed by atoms with Gasteiger partial charge in [0.1, 0.15) is 0 Å². The molecule has 0 amide bonds. The molecular formula is C60H99N3. The summed E-state index contributed by atoms with van der Waals surface area (Å²) in [6.07, 6.45) is 3.28. The summed E-state index contributed by atoms with van der Waals surface area (Å²) in [6.45, 7) is 50.5. The van der Waals surface area contributed by atoms with Crippen LogP contribution < -0.4 is 14.7 Å². The van der Waals surface area contributed by atoms with Crippen LogP contribution in [-0.4, -0.2) is 39.3 Å². The molecule has 6 aromatic carbocycles. The lowest BCUT2D eigenvalue weighted by Gasteiger charge is -2.25. The lowest BCUT2D eigenvalue weighted by molar-refractivity contribution is 0.857. The number of aryl methyl sites for hydroxylation is 3. The van der Waals surface area contributed by atoms with E-state index in [1.165, 1.54) is 66.1 Å². The van der Waals surface area contributed by atoms with Crippen molar-refractivity contribution < 1.29 is 0 Å². The molecule has 0 aromatic heterocycles. The van der Waals surface area contributed by atoms with Gasteiger partial charge in [-0.15, -0.1) is 0 Å². The molecule has 0 radical (unpaired) electrons. The van der Waals surface area contributed by atoms with Crippen molar-refractivity contribution in [2.75, 3.05) is 54.0 Å². The van der Waals surface area contributed by atoms with Gasteiger partial charge < -0.3 is 14.7 Å². The van der Waals surface area contributed by atoms with Crippen molar-refractivity contribution in [1.29, 1.82) is 0 Å². The highest BCUT2D eigenvalue weighted by molar-refractivity contribution is 5.96. The Morgan fingerprint density at radius 2 is 0.667 bits per heavy atom.